The first-order valence-corrected chi connectivity index (χ1v) is 5.62. The van der Waals surface area contributed by atoms with Crippen molar-refractivity contribution >= 4 is 21.7 Å². The van der Waals surface area contributed by atoms with Gasteiger partial charge in [-0.1, -0.05) is 25.2 Å². The second-order valence-electron chi connectivity index (χ2n) is 3.64. The molecule has 0 fully saturated rings. The predicted octanol–water partition coefficient (Wildman–Crippen LogP) is 2.53. The van der Waals surface area contributed by atoms with Gasteiger partial charge in [-0.3, -0.25) is 0 Å². The standard InChI is InChI=1S/C10H13N3OS/c1-5(2)9-13-7-8(14-4)11-6(3)12-10(7)15-9/h5H,1-4H3. The summed E-state index contributed by atoms with van der Waals surface area (Å²) in [5.41, 5.74) is 0.775. The normalized spacial score (nSPS) is 11.3. The third-order valence-corrected chi connectivity index (χ3v) is 3.29. The minimum Gasteiger partial charge on any atom is -0.479 e. The molecule has 80 valence electrons. The molecule has 0 unspecified atom stereocenters. The SMILES string of the molecule is COc1nc(C)nc2sc(C(C)C)nc12. The van der Waals surface area contributed by atoms with E-state index in [4.69, 9.17) is 4.74 Å². The minimum atomic E-state index is 0.411. The maximum Gasteiger partial charge on any atom is 0.244 e. The zero-order valence-corrected chi connectivity index (χ0v) is 10.1. The average molecular weight is 223 g/mol. The lowest BCUT2D eigenvalue weighted by atomic mass is 10.2. The lowest BCUT2D eigenvalue weighted by Crippen LogP contribution is -1.94. The van der Waals surface area contributed by atoms with E-state index in [0.717, 1.165) is 21.2 Å². The summed E-state index contributed by atoms with van der Waals surface area (Å²) >= 11 is 1.61. The maximum atomic E-state index is 5.19. The fourth-order valence-corrected chi connectivity index (χ4v) is 2.28. The highest BCUT2D eigenvalue weighted by atomic mass is 32.1. The highest BCUT2D eigenvalue weighted by Gasteiger charge is 2.13. The van der Waals surface area contributed by atoms with Crippen molar-refractivity contribution in [2.24, 2.45) is 0 Å². The fourth-order valence-electron chi connectivity index (χ4n) is 1.30. The van der Waals surface area contributed by atoms with Crippen LogP contribution in [-0.2, 0) is 0 Å². The largest absolute Gasteiger partial charge is 0.479 e. The lowest BCUT2D eigenvalue weighted by molar-refractivity contribution is 0.400. The van der Waals surface area contributed by atoms with Gasteiger partial charge in [-0.2, -0.15) is 4.98 Å². The van der Waals surface area contributed by atoms with Crippen molar-refractivity contribution in [3.8, 4) is 5.88 Å². The highest BCUT2D eigenvalue weighted by molar-refractivity contribution is 7.18. The zero-order chi connectivity index (χ0) is 11.0. The van der Waals surface area contributed by atoms with E-state index in [-0.39, 0.29) is 0 Å². The molecule has 0 aromatic carbocycles. The Morgan fingerprint density at radius 2 is 1.93 bits per heavy atom. The van der Waals surface area contributed by atoms with Crippen molar-refractivity contribution in [3.63, 3.8) is 0 Å². The van der Waals surface area contributed by atoms with Crippen LogP contribution in [0, 0.1) is 6.92 Å². The molecule has 0 aliphatic carbocycles. The number of ether oxygens (including phenoxy) is 1. The Bertz CT molecular complexity index is 493. The Morgan fingerprint density at radius 1 is 1.20 bits per heavy atom. The quantitative estimate of drug-likeness (QED) is 0.785. The molecule has 0 bridgehead atoms. The molecular weight excluding hydrogens is 210 g/mol. The third-order valence-electron chi connectivity index (χ3n) is 2.04. The molecule has 4 nitrogen and oxygen atoms in total. The van der Waals surface area contributed by atoms with E-state index in [1.54, 1.807) is 18.4 Å². The van der Waals surface area contributed by atoms with E-state index in [2.05, 4.69) is 28.8 Å². The Morgan fingerprint density at radius 3 is 2.53 bits per heavy atom. The summed E-state index contributed by atoms with van der Waals surface area (Å²) in [6.45, 7) is 6.09. The first-order chi connectivity index (χ1) is 7.11. The van der Waals surface area contributed by atoms with Gasteiger partial charge < -0.3 is 4.74 Å². The number of aryl methyl sites for hydroxylation is 1. The Balaban J connectivity index is 2.68. The van der Waals surface area contributed by atoms with Crippen LogP contribution in [0.4, 0.5) is 0 Å². The molecule has 0 atom stereocenters. The van der Waals surface area contributed by atoms with Crippen LogP contribution in [0.1, 0.15) is 30.6 Å². The maximum absolute atomic E-state index is 5.19. The van der Waals surface area contributed by atoms with Crippen molar-refractivity contribution in [2.45, 2.75) is 26.7 Å². The van der Waals surface area contributed by atoms with Crippen LogP contribution in [0.25, 0.3) is 10.3 Å². The van der Waals surface area contributed by atoms with Gasteiger partial charge in [0.25, 0.3) is 0 Å². The molecule has 2 aromatic heterocycles. The summed E-state index contributed by atoms with van der Waals surface area (Å²) < 4.78 is 5.19. The lowest BCUT2D eigenvalue weighted by Gasteiger charge is -1.99. The molecule has 0 N–H and O–H groups in total. The molecule has 0 amide bonds. The topological polar surface area (TPSA) is 47.9 Å². The van der Waals surface area contributed by atoms with E-state index in [1.807, 2.05) is 6.92 Å². The van der Waals surface area contributed by atoms with Crippen LogP contribution in [0.5, 0.6) is 5.88 Å². The number of thiazole rings is 1. The van der Waals surface area contributed by atoms with E-state index in [1.165, 1.54) is 0 Å². The Kier molecular flexibility index (Phi) is 2.56. The molecule has 0 spiro atoms. The minimum absolute atomic E-state index is 0.411. The average Bonchev–Trinajstić information content (AvgIpc) is 2.59. The zero-order valence-electron chi connectivity index (χ0n) is 9.24. The molecule has 0 saturated heterocycles. The summed E-state index contributed by atoms with van der Waals surface area (Å²) in [4.78, 5) is 14.0. The van der Waals surface area contributed by atoms with Gasteiger partial charge in [0.1, 0.15) is 5.82 Å². The number of hydrogen-bond donors (Lipinski definition) is 0. The molecular formula is C10H13N3OS. The van der Waals surface area contributed by atoms with E-state index < -0.39 is 0 Å². The van der Waals surface area contributed by atoms with Crippen molar-refractivity contribution in [2.75, 3.05) is 7.11 Å². The first kappa shape index (κ1) is 10.3. The predicted molar refractivity (Wildman–Crippen MR) is 60.6 cm³/mol. The van der Waals surface area contributed by atoms with E-state index in [0.29, 0.717) is 11.8 Å². The van der Waals surface area contributed by atoms with Gasteiger partial charge in [0.15, 0.2) is 10.3 Å². The van der Waals surface area contributed by atoms with Gasteiger partial charge in [0.05, 0.1) is 12.1 Å². The van der Waals surface area contributed by atoms with Gasteiger partial charge in [-0.25, -0.2) is 9.97 Å². The summed E-state index contributed by atoms with van der Waals surface area (Å²) in [6.07, 6.45) is 0. The van der Waals surface area contributed by atoms with E-state index >= 15 is 0 Å². The number of aromatic nitrogens is 3. The molecule has 15 heavy (non-hydrogen) atoms. The monoisotopic (exact) mass is 223 g/mol. The van der Waals surface area contributed by atoms with Crippen molar-refractivity contribution in [1.29, 1.82) is 0 Å². The second kappa shape index (κ2) is 3.73. The number of rotatable bonds is 2. The molecule has 2 aromatic rings. The number of fused-ring (bicyclic) bond motifs is 1. The summed E-state index contributed by atoms with van der Waals surface area (Å²) in [6, 6.07) is 0. The molecule has 0 aliphatic rings. The Hall–Kier alpha value is -1.23. The smallest absolute Gasteiger partial charge is 0.244 e. The molecule has 2 rings (SSSR count). The van der Waals surface area contributed by atoms with Crippen LogP contribution in [0.2, 0.25) is 0 Å². The van der Waals surface area contributed by atoms with Gasteiger partial charge >= 0.3 is 0 Å². The number of hydrogen-bond acceptors (Lipinski definition) is 5. The van der Waals surface area contributed by atoms with Crippen molar-refractivity contribution in [1.82, 2.24) is 15.0 Å². The van der Waals surface area contributed by atoms with Crippen molar-refractivity contribution in [3.05, 3.63) is 10.8 Å². The van der Waals surface area contributed by atoms with Crippen LogP contribution >= 0.6 is 11.3 Å². The van der Waals surface area contributed by atoms with Gasteiger partial charge in [-0.05, 0) is 6.92 Å². The van der Waals surface area contributed by atoms with E-state index in [9.17, 15) is 0 Å². The third kappa shape index (κ3) is 1.79. The fraction of sp³-hybridized carbons (Fsp3) is 0.500. The summed E-state index contributed by atoms with van der Waals surface area (Å²) in [5.74, 6) is 1.70. The summed E-state index contributed by atoms with van der Waals surface area (Å²) in [7, 11) is 1.61. The van der Waals surface area contributed by atoms with Gasteiger partial charge in [0.2, 0.25) is 5.88 Å². The number of methoxy groups -OCH3 is 1. The second-order valence-corrected chi connectivity index (χ2v) is 4.65. The van der Waals surface area contributed by atoms with Crippen molar-refractivity contribution < 1.29 is 4.74 Å². The first-order valence-electron chi connectivity index (χ1n) is 4.81. The van der Waals surface area contributed by atoms with Crippen LogP contribution in [0.3, 0.4) is 0 Å². The molecule has 0 radical (unpaired) electrons. The highest BCUT2D eigenvalue weighted by Crippen LogP contribution is 2.30. The summed E-state index contributed by atoms with van der Waals surface area (Å²) in [5, 5.41) is 1.07. The van der Waals surface area contributed by atoms with Crippen LogP contribution in [-0.4, -0.2) is 22.1 Å². The van der Waals surface area contributed by atoms with Gasteiger partial charge in [0, 0.05) is 5.92 Å². The van der Waals surface area contributed by atoms with Crippen LogP contribution in [0.15, 0.2) is 0 Å². The molecule has 2 heterocycles. The van der Waals surface area contributed by atoms with Crippen LogP contribution < -0.4 is 4.74 Å². The Labute approximate surface area is 92.4 Å². The molecule has 0 aliphatic heterocycles. The number of nitrogens with zero attached hydrogens (tertiary/aromatic N) is 3. The van der Waals surface area contributed by atoms with Gasteiger partial charge in [-0.15, -0.1) is 0 Å². The molecule has 0 saturated carbocycles. The molecule has 5 heteroatoms.